The topological polar surface area (TPSA) is 72.7 Å². The number of carbonyl (C=O) groups excluding carboxylic acids is 1. The van der Waals surface area contributed by atoms with E-state index >= 15 is 0 Å². The summed E-state index contributed by atoms with van der Waals surface area (Å²) in [7, 11) is 0. The van der Waals surface area contributed by atoms with Gasteiger partial charge in [-0.25, -0.2) is 4.68 Å². The summed E-state index contributed by atoms with van der Waals surface area (Å²) in [6, 6.07) is -0.336. The number of nitrogens with zero attached hydrogens (tertiary/aromatic N) is 5. The fourth-order valence-corrected chi connectivity index (χ4v) is 3.28. The lowest BCUT2D eigenvalue weighted by Gasteiger charge is -2.35. The minimum Gasteiger partial charge on any atom is -0.381 e. The Labute approximate surface area is 149 Å². The van der Waals surface area contributed by atoms with E-state index in [1.54, 1.807) is 4.68 Å². The Morgan fingerprint density at radius 1 is 1.32 bits per heavy atom. The van der Waals surface area contributed by atoms with Gasteiger partial charge in [-0.15, -0.1) is 5.10 Å². The van der Waals surface area contributed by atoms with Crippen molar-refractivity contribution in [1.29, 1.82) is 0 Å². The number of amides is 1. The minimum atomic E-state index is -0.336. The van der Waals surface area contributed by atoms with E-state index in [1.165, 1.54) is 0 Å². The predicted molar refractivity (Wildman–Crippen MR) is 92.1 cm³/mol. The summed E-state index contributed by atoms with van der Waals surface area (Å²) < 4.78 is 12.8. The highest BCUT2D eigenvalue weighted by Crippen LogP contribution is 2.15. The summed E-state index contributed by atoms with van der Waals surface area (Å²) in [5.41, 5.74) is 0.766. The van der Waals surface area contributed by atoms with Gasteiger partial charge in [0.15, 0.2) is 0 Å². The first-order valence-corrected chi connectivity index (χ1v) is 9.28. The summed E-state index contributed by atoms with van der Waals surface area (Å²) in [5, 5.41) is 8.28. The number of likely N-dealkylation sites (N-methyl/N-ethyl adjacent to an activating group) is 1. The molecule has 1 aromatic heterocycles. The van der Waals surface area contributed by atoms with Crippen molar-refractivity contribution in [2.75, 3.05) is 45.9 Å². The molecule has 0 radical (unpaired) electrons. The van der Waals surface area contributed by atoms with Crippen molar-refractivity contribution in [3.8, 4) is 0 Å². The third-order valence-corrected chi connectivity index (χ3v) is 5.08. The average Bonchev–Trinajstić information content (AvgIpc) is 3.15. The first-order valence-electron chi connectivity index (χ1n) is 9.28. The van der Waals surface area contributed by atoms with Gasteiger partial charge in [-0.05, 0) is 26.3 Å². The molecule has 0 saturated carbocycles. The molecule has 2 aliphatic rings. The molecule has 1 atom stereocenters. The van der Waals surface area contributed by atoms with Crippen LogP contribution in [-0.4, -0.2) is 82.7 Å². The first-order chi connectivity index (χ1) is 12.2. The maximum atomic E-state index is 12.7. The lowest BCUT2D eigenvalue weighted by Crippen LogP contribution is -2.50. The number of rotatable bonds is 6. The lowest BCUT2D eigenvalue weighted by atomic mass is 10.1. The number of piperazine rings is 1. The molecule has 1 amide bonds. The molecule has 1 unspecified atom stereocenters. The molecule has 0 aromatic carbocycles. The second-order valence-corrected chi connectivity index (χ2v) is 6.75. The summed E-state index contributed by atoms with van der Waals surface area (Å²) in [4.78, 5) is 17.0. The van der Waals surface area contributed by atoms with Crippen molar-refractivity contribution in [3.63, 3.8) is 0 Å². The maximum Gasteiger partial charge on any atom is 0.247 e. The Balaban J connectivity index is 1.49. The lowest BCUT2D eigenvalue weighted by molar-refractivity contribution is -0.136. The molecular weight excluding hydrogens is 322 g/mol. The molecule has 0 aliphatic carbocycles. The number of aromatic nitrogens is 3. The van der Waals surface area contributed by atoms with Crippen molar-refractivity contribution in [2.24, 2.45) is 0 Å². The molecule has 140 valence electrons. The van der Waals surface area contributed by atoms with Crippen LogP contribution in [0.3, 0.4) is 0 Å². The number of carbonyl (C=O) groups is 1. The Hall–Kier alpha value is -1.51. The van der Waals surface area contributed by atoms with Gasteiger partial charge in [0.1, 0.15) is 11.7 Å². The van der Waals surface area contributed by atoms with Gasteiger partial charge < -0.3 is 19.3 Å². The van der Waals surface area contributed by atoms with Crippen LogP contribution in [0, 0.1) is 0 Å². The van der Waals surface area contributed by atoms with Gasteiger partial charge in [0, 0.05) is 39.4 Å². The Morgan fingerprint density at radius 2 is 2.04 bits per heavy atom. The molecule has 2 saturated heterocycles. The van der Waals surface area contributed by atoms with E-state index < -0.39 is 0 Å². The van der Waals surface area contributed by atoms with Crippen molar-refractivity contribution < 1.29 is 14.3 Å². The highest BCUT2D eigenvalue weighted by molar-refractivity contribution is 5.80. The molecule has 25 heavy (non-hydrogen) atoms. The van der Waals surface area contributed by atoms with Gasteiger partial charge >= 0.3 is 0 Å². The van der Waals surface area contributed by atoms with Crippen LogP contribution in [0.15, 0.2) is 6.20 Å². The van der Waals surface area contributed by atoms with Crippen LogP contribution in [0.5, 0.6) is 0 Å². The second kappa shape index (κ2) is 8.73. The zero-order valence-corrected chi connectivity index (χ0v) is 15.3. The zero-order valence-electron chi connectivity index (χ0n) is 15.3. The fourth-order valence-electron chi connectivity index (χ4n) is 3.28. The highest BCUT2D eigenvalue weighted by Gasteiger charge is 2.26. The molecule has 8 nitrogen and oxygen atoms in total. The quantitative estimate of drug-likeness (QED) is 0.751. The standard InChI is InChI=1S/C17H29N5O3/c1-3-20-6-8-21(9-7-20)17(23)14(2)22-12-15(18-19-22)13-25-16-4-10-24-11-5-16/h12,14,16H,3-11,13H2,1-2H3. The van der Waals surface area contributed by atoms with Crippen LogP contribution in [-0.2, 0) is 20.9 Å². The van der Waals surface area contributed by atoms with E-state index in [-0.39, 0.29) is 18.1 Å². The van der Waals surface area contributed by atoms with Crippen LogP contribution in [0.4, 0.5) is 0 Å². The van der Waals surface area contributed by atoms with E-state index in [0.717, 1.165) is 64.5 Å². The summed E-state index contributed by atoms with van der Waals surface area (Å²) >= 11 is 0. The Morgan fingerprint density at radius 3 is 2.72 bits per heavy atom. The second-order valence-electron chi connectivity index (χ2n) is 6.75. The van der Waals surface area contributed by atoms with Crippen LogP contribution in [0.25, 0.3) is 0 Å². The summed E-state index contributed by atoms with van der Waals surface area (Å²) in [6.07, 6.45) is 3.90. The minimum absolute atomic E-state index is 0.109. The molecule has 2 aliphatic heterocycles. The van der Waals surface area contributed by atoms with Gasteiger partial charge in [0.05, 0.1) is 18.9 Å². The van der Waals surface area contributed by atoms with Crippen molar-refractivity contribution in [1.82, 2.24) is 24.8 Å². The largest absolute Gasteiger partial charge is 0.381 e. The van der Waals surface area contributed by atoms with E-state index in [0.29, 0.717) is 6.61 Å². The van der Waals surface area contributed by atoms with E-state index in [9.17, 15) is 4.79 Å². The van der Waals surface area contributed by atoms with Gasteiger partial charge in [-0.3, -0.25) is 4.79 Å². The monoisotopic (exact) mass is 351 g/mol. The van der Waals surface area contributed by atoms with Gasteiger partial charge in [-0.2, -0.15) is 0 Å². The molecule has 2 fully saturated rings. The van der Waals surface area contributed by atoms with Gasteiger partial charge in [-0.1, -0.05) is 12.1 Å². The molecule has 0 N–H and O–H groups in total. The molecule has 3 rings (SSSR count). The third kappa shape index (κ3) is 4.77. The van der Waals surface area contributed by atoms with Gasteiger partial charge in [0.2, 0.25) is 5.91 Å². The molecule has 8 heteroatoms. The van der Waals surface area contributed by atoms with Crippen LogP contribution < -0.4 is 0 Å². The SMILES string of the molecule is CCN1CCN(C(=O)C(C)n2cc(COC3CCOCC3)nn2)CC1. The third-order valence-electron chi connectivity index (χ3n) is 5.08. The Kier molecular flexibility index (Phi) is 6.39. The molecule has 0 bridgehead atoms. The van der Waals surface area contributed by atoms with Crippen molar-refractivity contribution in [3.05, 3.63) is 11.9 Å². The number of hydrogen-bond donors (Lipinski definition) is 0. The average molecular weight is 351 g/mol. The maximum absolute atomic E-state index is 12.7. The van der Waals surface area contributed by atoms with Crippen LogP contribution in [0.1, 0.15) is 38.4 Å². The molecule has 1 aromatic rings. The Bertz CT molecular complexity index is 550. The summed E-state index contributed by atoms with van der Waals surface area (Å²) in [6.45, 7) is 10.5. The predicted octanol–water partition coefficient (Wildman–Crippen LogP) is 0.699. The zero-order chi connectivity index (χ0) is 17.6. The normalized spacial score (nSPS) is 21.4. The van der Waals surface area contributed by atoms with Crippen LogP contribution >= 0.6 is 0 Å². The first kappa shape index (κ1) is 18.3. The molecular formula is C17H29N5O3. The molecule has 0 spiro atoms. The van der Waals surface area contributed by atoms with Crippen molar-refractivity contribution >= 4 is 5.91 Å². The van der Waals surface area contributed by atoms with E-state index in [4.69, 9.17) is 9.47 Å². The smallest absolute Gasteiger partial charge is 0.247 e. The highest BCUT2D eigenvalue weighted by atomic mass is 16.5. The number of ether oxygens (including phenoxy) is 2. The van der Waals surface area contributed by atoms with E-state index in [1.807, 2.05) is 18.0 Å². The number of hydrogen-bond acceptors (Lipinski definition) is 6. The van der Waals surface area contributed by atoms with Crippen LogP contribution in [0.2, 0.25) is 0 Å². The van der Waals surface area contributed by atoms with E-state index in [2.05, 4.69) is 22.1 Å². The molecule has 3 heterocycles. The fraction of sp³-hybridized carbons (Fsp3) is 0.824. The van der Waals surface area contributed by atoms with Gasteiger partial charge in [0.25, 0.3) is 0 Å². The summed E-state index contributed by atoms with van der Waals surface area (Å²) in [5.74, 6) is 0.109. The van der Waals surface area contributed by atoms with Crippen molar-refractivity contribution in [2.45, 2.75) is 45.4 Å².